The number of aliphatic carboxylic acids is 1. The molecule has 1 aromatic carbocycles. The highest BCUT2D eigenvalue weighted by Gasteiger charge is 2.33. The predicted molar refractivity (Wildman–Crippen MR) is 63.3 cm³/mol. The van der Waals surface area contributed by atoms with Gasteiger partial charge in [0.15, 0.2) is 15.1 Å². The highest BCUT2D eigenvalue weighted by Crippen LogP contribution is 2.19. The molecule has 17 heavy (non-hydrogen) atoms. The lowest BCUT2D eigenvalue weighted by atomic mass is 10.2. The normalized spacial score (nSPS) is 13.2. The van der Waals surface area contributed by atoms with E-state index in [0.29, 0.717) is 6.42 Å². The summed E-state index contributed by atoms with van der Waals surface area (Å²) in [6.45, 7) is 0.272. The van der Waals surface area contributed by atoms with Crippen LogP contribution in [0.15, 0.2) is 35.2 Å². The Kier molecular flexibility index (Phi) is 4.65. The van der Waals surface area contributed by atoms with Gasteiger partial charge in [-0.1, -0.05) is 18.2 Å². The molecule has 0 saturated heterocycles. The first-order chi connectivity index (χ1) is 8.00. The first-order valence-electron chi connectivity index (χ1n) is 5.22. The van der Waals surface area contributed by atoms with E-state index in [1.807, 2.05) is 0 Å². The Bertz CT molecular complexity index is 470. The lowest BCUT2D eigenvalue weighted by Crippen LogP contribution is -2.30. The predicted octanol–water partition coefficient (Wildman–Crippen LogP) is 0.652. The number of carbonyl (C=O) groups is 1. The second-order valence-electron chi connectivity index (χ2n) is 3.62. The van der Waals surface area contributed by atoms with Crippen molar-refractivity contribution in [3.05, 3.63) is 30.3 Å². The van der Waals surface area contributed by atoms with Gasteiger partial charge in [-0.05, 0) is 31.5 Å². The second-order valence-corrected chi connectivity index (χ2v) is 5.75. The van der Waals surface area contributed by atoms with Crippen LogP contribution >= 0.6 is 0 Å². The molecule has 1 unspecified atom stereocenters. The van der Waals surface area contributed by atoms with Gasteiger partial charge in [0.05, 0.1) is 4.90 Å². The van der Waals surface area contributed by atoms with Crippen LogP contribution in [0.25, 0.3) is 0 Å². The molecule has 0 aliphatic heterocycles. The molecular formula is C11H15NO4S. The molecule has 0 amide bonds. The Morgan fingerprint density at radius 1 is 1.29 bits per heavy atom. The summed E-state index contributed by atoms with van der Waals surface area (Å²) in [4.78, 5) is 11.0. The van der Waals surface area contributed by atoms with E-state index in [9.17, 15) is 13.2 Å². The van der Waals surface area contributed by atoms with Gasteiger partial charge in [0.2, 0.25) is 0 Å². The first-order valence-corrected chi connectivity index (χ1v) is 6.76. The van der Waals surface area contributed by atoms with Gasteiger partial charge < -0.3 is 10.8 Å². The fraction of sp³-hybridized carbons (Fsp3) is 0.364. The Hall–Kier alpha value is -1.40. The third kappa shape index (κ3) is 3.28. The van der Waals surface area contributed by atoms with Gasteiger partial charge in [-0.15, -0.1) is 0 Å². The maximum atomic E-state index is 12.1. The third-order valence-corrected chi connectivity index (χ3v) is 4.51. The zero-order valence-corrected chi connectivity index (χ0v) is 10.1. The minimum atomic E-state index is -3.83. The molecule has 94 valence electrons. The van der Waals surface area contributed by atoms with E-state index in [1.165, 1.54) is 12.1 Å². The molecule has 0 aliphatic carbocycles. The molecular weight excluding hydrogens is 242 g/mol. The van der Waals surface area contributed by atoms with Gasteiger partial charge in [-0.2, -0.15) is 0 Å². The SMILES string of the molecule is NCCCC(C(=O)O)S(=O)(=O)c1ccccc1. The molecule has 0 radical (unpaired) electrons. The average Bonchev–Trinajstić information content (AvgIpc) is 2.30. The number of carboxylic acid groups (broad SMARTS) is 1. The van der Waals surface area contributed by atoms with Crippen LogP contribution in [0.2, 0.25) is 0 Å². The molecule has 0 aromatic heterocycles. The van der Waals surface area contributed by atoms with Crippen molar-refractivity contribution in [3.63, 3.8) is 0 Å². The zero-order valence-electron chi connectivity index (χ0n) is 9.24. The molecule has 1 atom stereocenters. The van der Waals surface area contributed by atoms with Gasteiger partial charge in [0.1, 0.15) is 0 Å². The molecule has 0 bridgehead atoms. The number of benzene rings is 1. The van der Waals surface area contributed by atoms with Crippen molar-refractivity contribution in [2.75, 3.05) is 6.54 Å². The van der Waals surface area contributed by atoms with Crippen LogP contribution in [0.3, 0.4) is 0 Å². The highest BCUT2D eigenvalue weighted by molar-refractivity contribution is 7.92. The van der Waals surface area contributed by atoms with Gasteiger partial charge >= 0.3 is 5.97 Å². The van der Waals surface area contributed by atoms with Crippen molar-refractivity contribution < 1.29 is 18.3 Å². The third-order valence-electron chi connectivity index (χ3n) is 2.39. The van der Waals surface area contributed by atoms with Crippen LogP contribution in [0.4, 0.5) is 0 Å². The van der Waals surface area contributed by atoms with E-state index < -0.39 is 21.1 Å². The number of hydrogen-bond acceptors (Lipinski definition) is 4. The number of hydrogen-bond donors (Lipinski definition) is 2. The van der Waals surface area contributed by atoms with Gasteiger partial charge in [-0.3, -0.25) is 4.79 Å². The summed E-state index contributed by atoms with van der Waals surface area (Å²) in [6, 6.07) is 7.60. The Morgan fingerprint density at radius 3 is 2.35 bits per heavy atom. The maximum Gasteiger partial charge on any atom is 0.322 e. The summed E-state index contributed by atoms with van der Waals surface area (Å²) < 4.78 is 24.1. The van der Waals surface area contributed by atoms with Crippen molar-refractivity contribution in [2.24, 2.45) is 5.73 Å². The molecule has 6 heteroatoms. The minimum absolute atomic E-state index is 0.0308. The smallest absolute Gasteiger partial charge is 0.322 e. The second kappa shape index (κ2) is 5.79. The topological polar surface area (TPSA) is 97.5 Å². The molecule has 0 saturated carbocycles. The summed E-state index contributed by atoms with van der Waals surface area (Å²) in [6.07, 6.45) is 0.395. The summed E-state index contributed by atoms with van der Waals surface area (Å²) in [5, 5.41) is 7.55. The van der Waals surface area contributed by atoms with E-state index in [4.69, 9.17) is 10.8 Å². The zero-order chi connectivity index (χ0) is 12.9. The van der Waals surface area contributed by atoms with Crippen molar-refractivity contribution in [1.82, 2.24) is 0 Å². The summed E-state index contributed by atoms with van der Waals surface area (Å²) in [7, 11) is -3.83. The molecule has 0 spiro atoms. The molecule has 1 aromatic rings. The monoisotopic (exact) mass is 257 g/mol. The van der Waals surface area contributed by atoms with Gasteiger partial charge in [0, 0.05) is 0 Å². The molecule has 0 heterocycles. The average molecular weight is 257 g/mol. The number of carboxylic acids is 1. The molecule has 5 nitrogen and oxygen atoms in total. The Balaban J connectivity index is 3.05. The van der Waals surface area contributed by atoms with Crippen LogP contribution in [-0.4, -0.2) is 31.3 Å². The van der Waals surface area contributed by atoms with Crippen LogP contribution in [0, 0.1) is 0 Å². The molecule has 0 aliphatic rings. The lowest BCUT2D eigenvalue weighted by Gasteiger charge is -2.12. The van der Waals surface area contributed by atoms with E-state index in [1.54, 1.807) is 18.2 Å². The lowest BCUT2D eigenvalue weighted by molar-refractivity contribution is -0.136. The Morgan fingerprint density at radius 2 is 1.88 bits per heavy atom. The van der Waals surface area contributed by atoms with E-state index in [0.717, 1.165) is 0 Å². The minimum Gasteiger partial charge on any atom is -0.480 e. The van der Waals surface area contributed by atoms with Crippen molar-refractivity contribution in [2.45, 2.75) is 23.0 Å². The number of rotatable bonds is 6. The van der Waals surface area contributed by atoms with Crippen molar-refractivity contribution >= 4 is 15.8 Å². The summed E-state index contributed by atoms with van der Waals surface area (Å²) in [5.74, 6) is -1.33. The van der Waals surface area contributed by atoms with E-state index in [2.05, 4.69) is 0 Å². The largest absolute Gasteiger partial charge is 0.480 e. The van der Waals surface area contributed by atoms with E-state index >= 15 is 0 Å². The standard InChI is InChI=1S/C11H15NO4S/c12-8-4-7-10(11(13)14)17(15,16)9-5-2-1-3-6-9/h1-3,5-6,10H,4,7-8,12H2,(H,13,14). The van der Waals surface area contributed by atoms with Crippen LogP contribution in [0.5, 0.6) is 0 Å². The Labute approximate surface area is 100 Å². The molecule has 1 rings (SSSR count). The van der Waals surface area contributed by atoms with Crippen LogP contribution in [-0.2, 0) is 14.6 Å². The van der Waals surface area contributed by atoms with E-state index in [-0.39, 0.29) is 17.9 Å². The molecule has 3 N–H and O–H groups in total. The number of nitrogens with two attached hydrogens (primary N) is 1. The first kappa shape index (κ1) is 13.7. The van der Waals surface area contributed by atoms with Gasteiger partial charge in [0.25, 0.3) is 0 Å². The highest BCUT2D eigenvalue weighted by atomic mass is 32.2. The van der Waals surface area contributed by atoms with Crippen molar-refractivity contribution in [3.8, 4) is 0 Å². The van der Waals surface area contributed by atoms with Crippen molar-refractivity contribution in [1.29, 1.82) is 0 Å². The fourth-order valence-electron chi connectivity index (χ4n) is 1.49. The van der Waals surface area contributed by atoms with Crippen LogP contribution in [0.1, 0.15) is 12.8 Å². The fourth-order valence-corrected chi connectivity index (χ4v) is 3.10. The number of sulfone groups is 1. The summed E-state index contributed by atoms with van der Waals surface area (Å²) >= 11 is 0. The summed E-state index contributed by atoms with van der Waals surface area (Å²) in [5.41, 5.74) is 5.27. The quantitative estimate of drug-likeness (QED) is 0.780. The van der Waals surface area contributed by atoms with Crippen LogP contribution < -0.4 is 5.73 Å². The molecule has 0 fully saturated rings. The van der Waals surface area contributed by atoms with Gasteiger partial charge in [-0.25, -0.2) is 8.42 Å². The maximum absolute atomic E-state index is 12.1.